The maximum absolute atomic E-state index is 8.87. The van der Waals surface area contributed by atoms with E-state index in [-0.39, 0.29) is 4.84 Å². The summed E-state index contributed by atoms with van der Waals surface area (Å²) >= 11 is 4.62. The maximum Gasteiger partial charge on any atom is 0.284 e. The van der Waals surface area contributed by atoms with Crippen molar-refractivity contribution in [2.24, 2.45) is 0 Å². The largest absolute Gasteiger partial charge is 0.414 e. The predicted molar refractivity (Wildman–Crippen MR) is 37.1 cm³/mol. The standard InChI is InChI=1S/C5H8N2O2S/c1-3(8)2-4-6-7-5(10)9-4/h3,8H,2H2,1H3,(H,7,10). The molecule has 0 amide bonds. The van der Waals surface area contributed by atoms with Crippen molar-refractivity contribution in [3.63, 3.8) is 0 Å². The fourth-order valence-corrected chi connectivity index (χ4v) is 0.743. The fraction of sp³-hybridized carbons (Fsp3) is 0.600. The zero-order chi connectivity index (χ0) is 7.56. The van der Waals surface area contributed by atoms with Gasteiger partial charge in [0.25, 0.3) is 4.84 Å². The number of H-pyrrole nitrogens is 1. The van der Waals surface area contributed by atoms with E-state index in [0.717, 1.165) is 0 Å². The first kappa shape index (κ1) is 7.43. The van der Waals surface area contributed by atoms with Crippen LogP contribution in [0.3, 0.4) is 0 Å². The van der Waals surface area contributed by atoms with Gasteiger partial charge in [-0.3, -0.25) is 0 Å². The van der Waals surface area contributed by atoms with Crippen LogP contribution in [0.4, 0.5) is 0 Å². The van der Waals surface area contributed by atoms with Gasteiger partial charge in [-0.15, -0.1) is 5.10 Å². The van der Waals surface area contributed by atoms with E-state index in [1.807, 2.05) is 0 Å². The van der Waals surface area contributed by atoms with Crippen LogP contribution in [0.25, 0.3) is 0 Å². The molecule has 0 aromatic carbocycles. The molecule has 0 saturated heterocycles. The number of aromatic amines is 1. The van der Waals surface area contributed by atoms with Crippen LogP contribution in [-0.4, -0.2) is 21.4 Å². The zero-order valence-corrected chi connectivity index (χ0v) is 6.31. The molecule has 5 heteroatoms. The van der Waals surface area contributed by atoms with E-state index in [9.17, 15) is 0 Å². The summed E-state index contributed by atoms with van der Waals surface area (Å²) in [5.41, 5.74) is 0. The highest BCUT2D eigenvalue weighted by molar-refractivity contribution is 7.71. The molecule has 1 rings (SSSR count). The molecule has 0 saturated carbocycles. The number of rotatable bonds is 2. The molecule has 0 fully saturated rings. The monoisotopic (exact) mass is 160 g/mol. The summed E-state index contributed by atoms with van der Waals surface area (Å²) in [5.74, 6) is 0.444. The Bertz CT molecular complexity index is 252. The number of aliphatic hydroxyl groups is 1. The third-order valence-electron chi connectivity index (χ3n) is 0.952. The Morgan fingerprint density at radius 1 is 1.90 bits per heavy atom. The van der Waals surface area contributed by atoms with Crippen LogP contribution < -0.4 is 0 Å². The first-order valence-corrected chi connectivity index (χ1v) is 3.32. The highest BCUT2D eigenvalue weighted by atomic mass is 32.1. The van der Waals surface area contributed by atoms with Gasteiger partial charge in [0.15, 0.2) is 0 Å². The molecule has 0 aliphatic rings. The first-order valence-electron chi connectivity index (χ1n) is 2.91. The van der Waals surface area contributed by atoms with E-state index >= 15 is 0 Å². The van der Waals surface area contributed by atoms with Gasteiger partial charge in [-0.2, -0.15) is 0 Å². The van der Waals surface area contributed by atoms with Gasteiger partial charge in [-0.1, -0.05) is 0 Å². The molecule has 10 heavy (non-hydrogen) atoms. The molecule has 1 heterocycles. The summed E-state index contributed by atoms with van der Waals surface area (Å²) in [6.45, 7) is 1.66. The fourth-order valence-electron chi connectivity index (χ4n) is 0.601. The Balaban J connectivity index is 2.67. The lowest BCUT2D eigenvalue weighted by molar-refractivity contribution is 0.185. The molecule has 56 valence electrons. The van der Waals surface area contributed by atoms with Gasteiger partial charge < -0.3 is 9.52 Å². The van der Waals surface area contributed by atoms with Gasteiger partial charge in [0.2, 0.25) is 5.89 Å². The molecule has 1 atom stereocenters. The number of hydrogen-bond acceptors (Lipinski definition) is 4. The van der Waals surface area contributed by atoms with Crippen LogP contribution in [0.5, 0.6) is 0 Å². The smallest absolute Gasteiger partial charge is 0.284 e. The van der Waals surface area contributed by atoms with Gasteiger partial charge >= 0.3 is 0 Å². The Morgan fingerprint density at radius 2 is 2.60 bits per heavy atom. The molecule has 4 nitrogen and oxygen atoms in total. The lowest BCUT2D eigenvalue weighted by atomic mass is 10.3. The van der Waals surface area contributed by atoms with E-state index in [1.54, 1.807) is 6.92 Å². The van der Waals surface area contributed by atoms with Crippen molar-refractivity contribution >= 4 is 12.2 Å². The van der Waals surface area contributed by atoms with Crippen molar-refractivity contribution < 1.29 is 9.52 Å². The average molecular weight is 160 g/mol. The normalized spacial score (nSPS) is 13.4. The Labute approximate surface area is 62.9 Å². The van der Waals surface area contributed by atoms with Crippen LogP contribution >= 0.6 is 12.2 Å². The van der Waals surface area contributed by atoms with Crippen molar-refractivity contribution in [3.05, 3.63) is 10.7 Å². The highest BCUT2D eigenvalue weighted by Crippen LogP contribution is 1.98. The topological polar surface area (TPSA) is 62.1 Å². The predicted octanol–water partition coefficient (Wildman–Crippen LogP) is 0.655. The minimum absolute atomic E-state index is 0.246. The highest BCUT2D eigenvalue weighted by Gasteiger charge is 2.02. The molecule has 0 aliphatic heterocycles. The lowest BCUT2D eigenvalue weighted by Crippen LogP contribution is -2.04. The van der Waals surface area contributed by atoms with Gasteiger partial charge in [-0.25, -0.2) is 5.10 Å². The molecule has 0 aliphatic carbocycles. The summed E-state index contributed by atoms with van der Waals surface area (Å²) in [4.78, 5) is 0.246. The summed E-state index contributed by atoms with van der Waals surface area (Å²) in [6.07, 6.45) is -0.0471. The molecule has 0 spiro atoms. The zero-order valence-electron chi connectivity index (χ0n) is 5.50. The van der Waals surface area contributed by atoms with E-state index < -0.39 is 6.10 Å². The average Bonchev–Trinajstić information content (AvgIpc) is 2.13. The van der Waals surface area contributed by atoms with Crippen molar-refractivity contribution in [2.75, 3.05) is 0 Å². The second-order valence-corrected chi connectivity index (χ2v) is 2.43. The minimum Gasteiger partial charge on any atom is -0.414 e. The second kappa shape index (κ2) is 2.94. The third-order valence-corrected chi connectivity index (χ3v) is 1.13. The summed E-state index contributed by atoms with van der Waals surface area (Å²) < 4.78 is 4.88. The molecular weight excluding hydrogens is 152 g/mol. The Kier molecular flexibility index (Phi) is 2.18. The van der Waals surface area contributed by atoms with Gasteiger partial charge in [0, 0.05) is 0 Å². The van der Waals surface area contributed by atoms with E-state index in [2.05, 4.69) is 22.4 Å². The van der Waals surface area contributed by atoms with Crippen molar-refractivity contribution in [2.45, 2.75) is 19.4 Å². The van der Waals surface area contributed by atoms with Crippen molar-refractivity contribution in [1.82, 2.24) is 10.2 Å². The van der Waals surface area contributed by atoms with Crippen LogP contribution in [0.2, 0.25) is 0 Å². The Morgan fingerprint density at radius 3 is 3.00 bits per heavy atom. The quantitative estimate of drug-likeness (QED) is 0.624. The Hall–Kier alpha value is -0.680. The van der Waals surface area contributed by atoms with Gasteiger partial charge in [0.1, 0.15) is 0 Å². The lowest BCUT2D eigenvalue weighted by Gasteiger charge is -1.95. The molecule has 1 aromatic heterocycles. The van der Waals surface area contributed by atoms with Crippen LogP contribution in [0, 0.1) is 4.84 Å². The van der Waals surface area contributed by atoms with Gasteiger partial charge in [0.05, 0.1) is 12.5 Å². The van der Waals surface area contributed by atoms with Crippen LogP contribution in [0.1, 0.15) is 12.8 Å². The first-order chi connectivity index (χ1) is 4.68. The number of hydrogen-bond donors (Lipinski definition) is 2. The molecule has 0 radical (unpaired) electrons. The summed E-state index contributed by atoms with van der Waals surface area (Å²) in [5, 5.41) is 15.0. The second-order valence-electron chi connectivity index (χ2n) is 2.06. The maximum atomic E-state index is 8.87. The molecular formula is C5H8N2O2S. The number of nitrogens with one attached hydrogen (secondary N) is 1. The van der Waals surface area contributed by atoms with Crippen LogP contribution in [-0.2, 0) is 6.42 Å². The summed E-state index contributed by atoms with van der Waals surface area (Å²) in [7, 11) is 0. The molecule has 1 unspecified atom stereocenters. The van der Waals surface area contributed by atoms with Crippen molar-refractivity contribution in [1.29, 1.82) is 0 Å². The SMILES string of the molecule is CC(O)Cc1n[nH]c(=S)o1. The van der Waals surface area contributed by atoms with E-state index in [0.29, 0.717) is 12.3 Å². The molecule has 2 N–H and O–H groups in total. The number of nitrogens with zero attached hydrogens (tertiary/aromatic N) is 1. The number of aromatic nitrogens is 2. The minimum atomic E-state index is -0.443. The van der Waals surface area contributed by atoms with E-state index in [1.165, 1.54) is 0 Å². The third kappa shape index (κ3) is 1.93. The van der Waals surface area contributed by atoms with Crippen molar-refractivity contribution in [3.8, 4) is 0 Å². The van der Waals surface area contributed by atoms with E-state index in [4.69, 9.17) is 9.52 Å². The van der Waals surface area contributed by atoms with Crippen LogP contribution in [0.15, 0.2) is 4.42 Å². The molecule has 0 bridgehead atoms. The summed E-state index contributed by atoms with van der Waals surface area (Å²) in [6, 6.07) is 0. The molecule has 1 aromatic rings. The van der Waals surface area contributed by atoms with Gasteiger partial charge in [-0.05, 0) is 19.1 Å². The number of aliphatic hydroxyl groups excluding tert-OH is 1.